The predicted octanol–water partition coefficient (Wildman–Crippen LogP) is 3.09. The highest BCUT2D eigenvalue weighted by Crippen LogP contribution is 2.36. The van der Waals surface area contributed by atoms with E-state index < -0.39 is 11.6 Å². The van der Waals surface area contributed by atoms with Gasteiger partial charge in [0.25, 0.3) is 0 Å². The van der Waals surface area contributed by atoms with Crippen LogP contribution in [0.2, 0.25) is 0 Å². The van der Waals surface area contributed by atoms with Crippen LogP contribution < -0.4 is 5.73 Å². The third-order valence-electron chi connectivity index (χ3n) is 4.23. The molecule has 1 fully saturated rings. The van der Waals surface area contributed by atoms with E-state index in [1.54, 1.807) is 6.07 Å². The van der Waals surface area contributed by atoms with Crippen LogP contribution >= 0.6 is 0 Å². The van der Waals surface area contributed by atoms with Gasteiger partial charge in [0.05, 0.1) is 0 Å². The second kappa shape index (κ2) is 5.55. The lowest BCUT2D eigenvalue weighted by atomic mass is 9.90. The molecule has 2 atom stereocenters. The van der Waals surface area contributed by atoms with Crippen LogP contribution in [0.1, 0.15) is 38.3 Å². The number of rotatable bonds is 4. The minimum atomic E-state index is -0.524. The quantitative estimate of drug-likeness (QED) is 0.909. The molecule has 1 aliphatic heterocycles. The summed E-state index contributed by atoms with van der Waals surface area (Å²) in [6.07, 6.45) is 1.84. The fourth-order valence-corrected chi connectivity index (χ4v) is 2.94. The van der Waals surface area contributed by atoms with Crippen molar-refractivity contribution >= 4 is 0 Å². The Bertz CT molecular complexity index is 450. The van der Waals surface area contributed by atoms with E-state index in [0.29, 0.717) is 12.1 Å². The lowest BCUT2D eigenvalue weighted by molar-refractivity contribution is 0.205. The molecule has 1 aliphatic rings. The van der Waals surface area contributed by atoms with Crippen molar-refractivity contribution in [3.8, 4) is 0 Å². The molecule has 19 heavy (non-hydrogen) atoms. The molecular weight excluding hydrogens is 246 g/mol. The SMILES string of the molecule is CCC(c1ccc(F)cc1F)N1CCC(C)(CN)C1. The normalized spacial score (nSPS) is 25.7. The summed E-state index contributed by atoms with van der Waals surface area (Å²) < 4.78 is 26.9. The van der Waals surface area contributed by atoms with Gasteiger partial charge in [0.1, 0.15) is 11.6 Å². The highest BCUT2D eigenvalue weighted by atomic mass is 19.1. The average molecular weight is 268 g/mol. The summed E-state index contributed by atoms with van der Waals surface area (Å²) in [5, 5.41) is 0. The molecule has 0 spiro atoms. The average Bonchev–Trinajstić information content (AvgIpc) is 2.76. The Morgan fingerprint density at radius 1 is 1.42 bits per heavy atom. The summed E-state index contributed by atoms with van der Waals surface area (Å²) in [6.45, 7) is 6.64. The summed E-state index contributed by atoms with van der Waals surface area (Å²) >= 11 is 0. The topological polar surface area (TPSA) is 29.3 Å². The molecule has 4 heteroatoms. The largest absolute Gasteiger partial charge is 0.330 e. The monoisotopic (exact) mass is 268 g/mol. The first-order valence-electron chi connectivity index (χ1n) is 6.88. The molecule has 0 bridgehead atoms. The van der Waals surface area contributed by atoms with Crippen molar-refractivity contribution in [3.05, 3.63) is 35.4 Å². The zero-order chi connectivity index (χ0) is 14.0. The first-order chi connectivity index (χ1) is 8.99. The van der Waals surface area contributed by atoms with E-state index in [-0.39, 0.29) is 11.5 Å². The summed E-state index contributed by atoms with van der Waals surface area (Å²) in [7, 11) is 0. The Morgan fingerprint density at radius 3 is 2.68 bits per heavy atom. The molecule has 106 valence electrons. The molecule has 2 rings (SSSR count). The summed E-state index contributed by atoms with van der Waals surface area (Å²) in [6, 6.07) is 3.88. The van der Waals surface area contributed by atoms with E-state index >= 15 is 0 Å². The zero-order valence-electron chi connectivity index (χ0n) is 11.6. The Labute approximate surface area is 113 Å². The summed E-state index contributed by atoms with van der Waals surface area (Å²) in [4.78, 5) is 2.27. The van der Waals surface area contributed by atoms with Gasteiger partial charge in [0, 0.05) is 24.2 Å². The number of hydrogen-bond donors (Lipinski definition) is 1. The highest BCUT2D eigenvalue weighted by molar-refractivity contribution is 5.22. The molecule has 0 aromatic heterocycles. The molecule has 0 aliphatic carbocycles. The van der Waals surface area contributed by atoms with Crippen LogP contribution in [0, 0.1) is 17.0 Å². The minimum Gasteiger partial charge on any atom is -0.330 e. The maximum Gasteiger partial charge on any atom is 0.130 e. The molecule has 2 N–H and O–H groups in total. The lowest BCUT2D eigenvalue weighted by Gasteiger charge is -2.29. The minimum absolute atomic E-state index is 0.00831. The van der Waals surface area contributed by atoms with E-state index in [0.717, 1.165) is 32.0 Å². The lowest BCUT2D eigenvalue weighted by Crippen LogP contribution is -2.33. The summed E-state index contributed by atoms with van der Waals surface area (Å²) in [5.74, 6) is -0.975. The molecule has 1 aromatic carbocycles. The maximum atomic E-state index is 13.9. The second-order valence-corrected chi connectivity index (χ2v) is 5.83. The molecule has 0 saturated carbocycles. The second-order valence-electron chi connectivity index (χ2n) is 5.83. The third-order valence-corrected chi connectivity index (χ3v) is 4.23. The van der Waals surface area contributed by atoms with Crippen LogP contribution in [0.5, 0.6) is 0 Å². The fraction of sp³-hybridized carbons (Fsp3) is 0.600. The van der Waals surface area contributed by atoms with Gasteiger partial charge in [-0.25, -0.2) is 8.78 Å². The van der Waals surface area contributed by atoms with Gasteiger partial charge in [0.2, 0.25) is 0 Å². The van der Waals surface area contributed by atoms with Crippen LogP contribution in [-0.4, -0.2) is 24.5 Å². The third kappa shape index (κ3) is 2.95. The van der Waals surface area contributed by atoms with Crippen molar-refractivity contribution in [1.29, 1.82) is 0 Å². The number of nitrogens with two attached hydrogens (primary N) is 1. The number of hydrogen-bond acceptors (Lipinski definition) is 2. The number of benzene rings is 1. The van der Waals surface area contributed by atoms with Crippen LogP contribution in [0.3, 0.4) is 0 Å². The molecule has 1 saturated heterocycles. The molecule has 0 amide bonds. The van der Waals surface area contributed by atoms with E-state index in [4.69, 9.17) is 5.73 Å². The molecule has 1 heterocycles. The van der Waals surface area contributed by atoms with Crippen molar-refractivity contribution in [1.82, 2.24) is 4.90 Å². The van der Waals surface area contributed by atoms with Crippen molar-refractivity contribution in [2.45, 2.75) is 32.7 Å². The zero-order valence-corrected chi connectivity index (χ0v) is 11.6. The molecular formula is C15H22F2N2. The Kier molecular flexibility index (Phi) is 4.21. The smallest absolute Gasteiger partial charge is 0.130 e. The van der Waals surface area contributed by atoms with Crippen LogP contribution in [0.25, 0.3) is 0 Å². The van der Waals surface area contributed by atoms with Gasteiger partial charge in [0.15, 0.2) is 0 Å². The first kappa shape index (κ1) is 14.4. The van der Waals surface area contributed by atoms with E-state index in [1.165, 1.54) is 6.07 Å². The van der Waals surface area contributed by atoms with Crippen molar-refractivity contribution < 1.29 is 8.78 Å². The Morgan fingerprint density at radius 2 is 2.16 bits per heavy atom. The number of halogens is 2. The first-order valence-corrected chi connectivity index (χ1v) is 6.88. The van der Waals surface area contributed by atoms with Gasteiger partial charge in [-0.05, 0) is 37.4 Å². The molecule has 2 unspecified atom stereocenters. The Hall–Kier alpha value is -1.00. The van der Waals surface area contributed by atoms with Gasteiger partial charge >= 0.3 is 0 Å². The number of likely N-dealkylation sites (tertiary alicyclic amines) is 1. The van der Waals surface area contributed by atoms with Gasteiger partial charge in [-0.2, -0.15) is 0 Å². The van der Waals surface area contributed by atoms with Crippen molar-refractivity contribution in [3.63, 3.8) is 0 Å². The summed E-state index contributed by atoms with van der Waals surface area (Å²) in [5.41, 5.74) is 6.51. The molecule has 0 radical (unpaired) electrons. The van der Waals surface area contributed by atoms with E-state index in [1.807, 2.05) is 6.92 Å². The van der Waals surface area contributed by atoms with Gasteiger partial charge < -0.3 is 5.73 Å². The maximum absolute atomic E-state index is 13.9. The van der Waals surface area contributed by atoms with Crippen LogP contribution in [-0.2, 0) is 0 Å². The molecule has 1 aromatic rings. The standard InChI is InChI=1S/C15H22F2N2/c1-3-14(12-5-4-11(16)8-13(12)17)19-7-6-15(2,9-18)10-19/h4-5,8,14H,3,6-7,9-10,18H2,1-2H3. The van der Waals surface area contributed by atoms with E-state index in [9.17, 15) is 8.78 Å². The van der Waals surface area contributed by atoms with Gasteiger partial charge in [-0.15, -0.1) is 0 Å². The Balaban J connectivity index is 2.21. The highest BCUT2D eigenvalue weighted by Gasteiger charge is 2.36. The van der Waals surface area contributed by atoms with Crippen LogP contribution in [0.4, 0.5) is 8.78 Å². The van der Waals surface area contributed by atoms with Crippen molar-refractivity contribution in [2.75, 3.05) is 19.6 Å². The fourth-order valence-electron chi connectivity index (χ4n) is 2.94. The molecule has 2 nitrogen and oxygen atoms in total. The number of nitrogens with zero attached hydrogens (tertiary/aromatic N) is 1. The van der Waals surface area contributed by atoms with Gasteiger partial charge in [-0.1, -0.05) is 19.9 Å². The van der Waals surface area contributed by atoms with E-state index in [2.05, 4.69) is 11.8 Å². The van der Waals surface area contributed by atoms with Gasteiger partial charge in [-0.3, -0.25) is 4.90 Å². The van der Waals surface area contributed by atoms with Crippen molar-refractivity contribution in [2.24, 2.45) is 11.1 Å². The van der Waals surface area contributed by atoms with Crippen LogP contribution in [0.15, 0.2) is 18.2 Å². The predicted molar refractivity (Wildman–Crippen MR) is 72.7 cm³/mol.